The van der Waals surface area contributed by atoms with Crippen molar-refractivity contribution in [1.29, 1.82) is 0 Å². The lowest BCUT2D eigenvalue weighted by Crippen LogP contribution is -2.12. The molecule has 1 heterocycles. The molecule has 0 saturated heterocycles. The molecule has 2 aromatic carbocycles. The highest BCUT2D eigenvalue weighted by atomic mass is 35.5. The van der Waals surface area contributed by atoms with E-state index in [9.17, 15) is 0 Å². The molecule has 0 aliphatic carbocycles. The second kappa shape index (κ2) is 9.68. The fourth-order valence-electron chi connectivity index (χ4n) is 2.84. The molecule has 0 bridgehead atoms. The molecule has 0 aliphatic rings. The van der Waals surface area contributed by atoms with Crippen LogP contribution in [-0.2, 0) is 18.7 Å². The minimum absolute atomic E-state index is 0.195. The van der Waals surface area contributed by atoms with Gasteiger partial charge in [0.1, 0.15) is 5.75 Å². The van der Waals surface area contributed by atoms with Crippen molar-refractivity contribution < 1.29 is 4.74 Å². The molecule has 1 aromatic heterocycles. The Kier molecular flexibility index (Phi) is 7.27. The zero-order valence-electron chi connectivity index (χ0n) is 16.2. The number of hydrogen-bond acceptors (Lipinski definition) is 4. The molecule has 0 radical (unpaired) electrons. The minimum Gasteiger partial charge on any atom is -0.483 e. The summed E-state index contributed by atoms with van der Waals surface area (Å²) in [5.74, 6) is 2.39. The molecule has 28 heavy (non-hydrogen) atoms. The van der Waals surface area contributed by atoms with Crippen molar-refractivity contribution in [2.24, 2.45) is 0 Å². The van der Waals surface area contributed by atoms with Gasteiger partial charge in [0.25, 0.3) is 0 Å². The van der Waals surface area contributed by atoms with Crippen LogP contribution in [0.3, 0.4) is 0 Å². The number of rotatable bonds is 8. The topological polar surface area (TPSA) is 39.9 Å². The van der Waals surface area contributed by atoms with Crippen LogP contribution >= 0.6 is 35.0 Å². The zero-order valence-corrected chi connectivity index (χ0v) is 18.5. The highest BCUT2D eigenvalue weighted by Crippen LogP contribution is 2.29. The van der Waals surface area contributed by atoms with Crippen molar-refractivity contribution >= 4 is 35.0 Å². The fraction of sp³-hybridized carbons (Fsp3) is 0.333. The Labute approximate surface area is 180 Å². The maximum atomic E-state index is 6.10. The van der Waals surface area contributed by atoms with E-state index >= 15 is 0 Å². The largest absolute Gasteiger partial charge is 0.483 e. The van der Waals surface area contributed by atoms with Crippen LogP contribution in [0.1, 0.15) is 43.8 Å². The summed E-state index contributed by atoms with van der Waals surface area (Å²) in [7, 11) is 0. The third-order valence-corrected chi connectivity index (χ3v) is 6.20. The van der Waals surface area contributed by atoms with E-state index in [-0.39, 0.29) is 6.10 Å². The van der Waals surface area contributed by atoms with Crippen molar-refractivity contribution in [2.45, 2.75) is 50.8 Å². The van der Waals surface area contributed by atoms with Crippen LogP contribution in [0, 0.1) is 0 Å². The van der Waals surface area contributed by atoms with Gasteiger partial charge in [0.15, 0.2) is 17.1 Å². The van der Waals surface area contributed by atoms with E-state index in [0.717, 1.165) is 41.0 Å². The van der Waals surface area contributed by atoms with Gasteiger partial charge in [0, 0.05) is 12.3 Å². The Bertz CT molecular complexity index is 928. The summed E-state index contributed by atoms with van der Waals surface area (Å²) in [4.78, 5) is 0. The normalized spacial score (nSPS) is 12.2. The summed E-state index contributed by atoms with van der Waals surface area (Å²) in [6.45, 7) is 6.99. The molecule has 148 valence electrons. The smallest absolute Gasteiger partial charge is 0.191 e. The summed E-state index contributed by atoms with van der Waals surface area (Å²) < 4.78 is 8.17. The zero-order chi connectivity index (χ0) is 20.1. The SMILES string of the molecule is CCc1ccc(O[C@@H](C)c2nnc(SCc3ccc(Cl)c(Cl)c3)n2CC)cc1. The molecule has 3 aromatic rings. The van der Waals surface area contributed by atoms with Gasteiger partial charge in [-0.25, -0.2) is 0 Å². The van der Waals surface area contributed by atoms with Crippen LogP contribution in [0.25, 0.3) is 0 Å². The minimum atomic E-state index is -0.195. The van der Waals surface area contributed by atoms with Gasteiger partial charge in [0.2, 0.25) is 0 Å². The quantitative estimate of drug-likeness (QED) is 0.373. The van der Waals surface area contributed by atoms with E-state index in [4.69, 9.17) is 27.9 Å². The Morgan fingerprint density at radius 2 is 1.71 bits per heavy atom. The third kappa shape index (κ3) is 5.02. The molecule has 0 amide bonds. The molecule has 1 atom stereocenters. The van der Waals surface area contributed by atoms with Crippen molar-refractivity contribution in [3.05, 3.63) is 69.5 Å². The van der Waals surface area contributed by atoms with Crippen LogP contribution < -0.4 is 4.74 Å². The number of nitrogens with zero attached hydrogens (tertiary/aromatic N) is 3. The number of hydrogen-bond donors (Lipinski definition) is 0. The first kappa shape index (κ1) is 21.0. The standard InChI is InChI=1S/C21H23Cl2N3OS/c1-4-15-6-9-17(10-7-15)27-14(3)20-24-25-21(26(20)5-2)28-13-16-8-11-18(22)19(23)12-16/h6-12,14H,4-5,13H2,1-3H3/t14-/m0/s1. The lowest BCUT2D eigenvalue weighted by atomic mass is 10.2. The lowest BCUT2D eigenvalue weighted by Gasteiger charge is -2.16. The Balaban J connectivity index is 1.70. The molecule has 0 aliphatic heterocycles. The summed E-state index contributed by atoms with van der Waals surface area (Å²) in [6.07, 6.45) is 0.818. The van der Waals surface area contributed by atoms with Gasteiger partial charge in [-0.05, 0) is 55.7 Å². The number of thioether (sulfide) groups is 1. The van der Waals surface area contributed by atoms with E-state index in [0.29, 0.717) is 10.0 Å². The maximum absolute atomic E-state index is 6.10. The number of aryl methyl sites for hydroxylation is 1. The lowest BCUT2D eigenvalue weighted by molar-refractivity contribution is 0.210. The molecule has 0 fully saturated rings. The molecular weight excluding hydrogens is 413 g/mol. The Morgan fingerprint density at radius 3 is 2.36 bits per heavy atom. The van der Waals surface area contributed by atoms with Crippen LogP contribution in [0.15, 0.2) is 47.6 Å². The second-order valence-electron chi connectivity index (χ2n) is 6.38. The highest BCUT2D eigenvalue weighted by Gasteiger charge is 2.19. The maximum Gasteiger partial charge on any atom is 0.191 e. The Hall–Kier alpha value is -1.69. The van der Waals surface area contributed by atoms with Gasteiger partial charge in [-0.3, -0.25) is 0 Å². The molecule has 0 spiro atoms. The van der Waals surface area contributed by atoms with Crippen LogP contribution in [-0.4, -0.2) is 14.8 Å². The molecule has 0 unspecified atom stereocenters. The number of aromatic nitrogens is 3. The van der Waals surface area contributed by atoms with Crippen molar-refractivity contribution in [2.75, 3.05) is 0 Å². The molecule has 7 heteroatoms. The number of benzene rings is 2. The molecule has 0 saturated carbocycles. The molecule has 0 N–H and O–H groups in total. The van der Waals surface area contributed by atoms with Gasteiger partial charge >= 0.3 is 0 Å². The average Bonchev–Trinajstić information content (AvgIpc) is 3.12. The van der Waals surface area contributed by atoms with Gasteiger partial charge < -0.3 is 9.30 Å². The van der Waals surface area contributed by atoms with E-state index < -0.39 is 0 Å². The third-order valence-electron chi connectivity index (χ3n) is 4.42. The van der Waals surface area contributed by atoms with Gasteiger partial charge in [-0.1, -0.05) is 60.1 Å². The molecule has 3 rings (SSSR count). The van der Waals surface area contributed by atoms with Crippen molar-refractivity contribution in [3.8, 4) is 5.75 Å². The predicted octanol–water partition coefficient (Wildman–Crippen LogP) is 6.60. The summed E-state index contributed by atoms with van der Waals surface area (Å²) in [5, 5.41) is 10.7. The summed E-state index contributed by atoms with van der Waals surface area (Å²) in [6, 6.07) is 13.9. The first-order valence-corrected chi connectivity index (χ1v) is 11.0. The first-order valence-electron chi connectivity index (χ1n) is 9.27. The van der Waals surface area contributed by atoms with Crippen LogP contribution in [0.4, 0.5) is 0 Å². The Morgan fingerprint density at radius 1 is 1.00 bits per heavy atom. The van der Waals surface area contributed by atoms with E-state index in [1.807, 2.05) is 37.3 Å². The number of ether oxygens (including phenoxy) is 1. The van der Waals surface area contributed by atoms with Gasteiger partial charge in [-0.2, -0.15) is 0 Å². The van der Waals surface area contributed by atoms with E-state index in [1.54, 1.807) is 11.8 Å². The van der Waals surface area contributed by atoms with E-state index in [1.165, 1.54) is 5.56 Å². The number of halogens is 2. The van der Waals surface area contributed by atoms with E-state index in [2.05, 4.69) is 40.7 Å². The van der Waals surface area contributed by atoms with Gasteiger partial charge in [-0.15, -0.1) is 10.2 Å². The first-order chi connectivity index (χ1) is 13.5. The second-order valence-corrected chi connectivity index (χ2v) is 8.14. The summed E-state index contributed by atoms with van der Waals surface area (Å²) >= 11 is 13.7. The van der Waals surface area contributed by atoms with Gasteiger partial charge in [0.05, 0.1) is 10.0 Å². The summed E-state index contributed by atoms with van der Waals surface area (Å²) in [5.41, 5.74) is 2.38. The van der Waals surface area contributed by atoms with Crippen LogP contribution in [0.5, 0.6) is 5.75 Å². The van der Waals surface area contributed by atoms with Crippen LogP contribution in [0.2, 0.25) is 10.0 Å². The fourth-order valence-corrected chi connectivity index (χ4v) is 4.12. The monoisotopic (exact) mass is 435 g/mol. The highest BCUT2D eigenvalue weighted by molar-refractivity contribution is 7.98. The molecule has 4 nitrogen and oxygen atoms in total. The predicted molar refractivity (Wildman–Crippen MR) is 117 cm³/mol. The van der Waals surface area contributed by atoms with Crippen molar-refractivity contribution in [3.63, 3.8) is 0 Å². The van der Waals surface area contributed by atoms with Crippen molar-refractivity contribution in [1.82, 2.24) is 14.8 Å². The molecular formula is C21H23Cl2N3OS. The average molecular weight is 436 g/mol.